The lowest BCUT2D eigenvalue weighted by atomic mass is 9.94. The van der Waals surface area contributed by atoms with Crippen molar-refractivity contribution in [1.82, 2.24) is 0 Å². The van der Waals surface area contributed by atoms with E-state index < -0.39 is 33.0 Å². The van der Waals surface area contributed by atoms with Crippen LogP contribution in [0.3, 0.4) is 0 Å². The fourth-order valence-electron chi connectivity index (χ4n) is 3.30. The van der Waals surface area contributed by atoms with Crippen molar-refractivity contribution in [3.05, 3.63) is 33.9 Å². The molecule has 10 nitrogen and oxygen atoms in total. The van der Waals surface area contributed by atoms with Crippen LogP contribution < -0.4 is 4.74 Å². The van der Waals surface area contributed by atoms with Gasteiger partial charge in [0.05, 0.1) is 7.11 Å². The lowest BCUT2D eigenvalue weighted by Gasteiger charge is -2.19. The number of fused-ring (bicyclic) bond motifs is 1. The molecule has 1 heterocycles. The van der Waals surface area contributed by atoms with Crippen molar-refractivity contribution in [2.75, 3.05) is 7.11 Å². The number of esters is 1. The number of hydrogen-bond donors (Lipinski definition) is 5. The number of carbonyl (C=O) groups excluding carboxylic acids is 1. The molecule has 12 heteroatoms. The van der Waals surface area contributed by atoms with Crippen LogP contribution in [-0.4, -0.2) is 43.2 Å². The molecule has 0 aliphatic carbocycles. The monoisotopic (exact) mass is 450 g/mol. The van der Waals surface area contributed by atoms with E-state index in [1.54, 1.807) is 19.9 Å². The minimum atomic E-state index is -4.98. The molecule has 0 bridgehead atoms. The summed E-state index contributed by atoms with van der Waals surface area (Å²) in [5, 5.41) is 8.47. The van der Waals surface area contributed by atoms with E-state index >= 15 is 0 Å². The van der Waals surface area contributed by atoms with Gasteiger partial charge in [0, 0.05) is 11.1 Å². The Kier molecular flexibility index (Phi) is 7.00. The molecule has 5 N–H and O–H groups in total. The Labute approximate surface area is 167 Å². The van der Waals surface area contributed by atoms with Crippen molar-refractivity contribution in [2.24, 2.45) is 0 Å². The minimum Gasteiger partial charge on any atom is -0.507 e. The number of allylic oxidation sites excluding steroid dienone is 2. The van der Waals surface area contributed by atoms with Gasteiger partial charge in [-0.3, -0.25) is 9.13 Å². The van der Waals surface area contributed by atoms with Crippen LogP contribution in [0.25, 0.3) is 0 Å². The molecule has 162 valence electrons. The molecule has 1 aliphatic rings. The smallest absolute Gasteiger partial charge is 0.342 e. The number of phenols is 1. The summed E-state index contributed by atoms with van der Waals surface area (Å²) in [6.07, 6.45) is 1.39. The number of rotatable bonds is 8. The normalized spacial score (nSPS) is 14.9. The molecule has 0 radical (unpaired) electrons. The molecular weight excluding hydrogens is 426 g/mol. The molecule has 1 aromatic carbocycles. The van der Waals surface area contributed by atoms with Gasteiger partial charge in [0.15, 0.2) is 5.40 Å². The van der Waals surface area contributed by atoms with Crippen LogP contribution in [0.5, 0.6) is 11.5 Å². The fourth-order valence-corrected chi connectivity index (χ4v) is 5.79. The van der Waals surface area contributed by atoms with E-state index in [0.717, 1.165) is 0 Å². The van der Waals surface area contributed by atoms with E-state index in [-0.39, 0.29) is 30.8 Å². The van der Waals surface area contributed by atoms with E-state index in [9.17, 15) is 38.6 Å². The Bertz CT molecular complexity index is 918. The van der Waals surface area contributed by atoms with Crippen LogP contribution in [0.1, 0.15) is 46.8 Å². The molecule has 1 aromatic rings. The fraction of sp³-hybridized carbons (Fsp3) is 0.471. The predicted octanol–water partition coefficient (Wildman–Crippen LogP) is 2.33. The molecule has 0 atom stereocenters. The molecule has 0 saturated carbocycles. The maximum Gasteiger partial charge on any atom is 0.342 e. The molecular formula is C17H24O10P2. The molecule has 0 saturated heterocycles. The first-order valence-electron chi connectivity index (χ1n) is 8.63. The molecule has 2 rings (SSSR count). The van der Waals surface area contributed by atoms with Gasteiger partial charge >= 0.3 is 21.2 Å². The minimum absolute atomic E-state index is 0.0237. The zero-order valence-corrected chi connectivity index (χ0v) is 17.9. The highest BCUT2D eigenvalue weighted by Gasteiger charge is 2.42. The van der Waals surface area contributed by atoms with Gasteiger partial charge in [0.25, 0.3) is 0 Å². The SMILES string of the molecule is COc1c(C)c2c(c(O)c1CC=C(C)CCC(P(=O)(O)O)P(=O)(O)O)C(=O)OC2. The zero-order valence-electron chi connectivity index (χ0n) is 16.2. The number of hydrogen-bond acceptors (Lipinski definition) is 6. The van der Waals surface area contributed by atoms with Gasteiger partial charge in [-0.2, -0.15) is 0 Å². The molecule has 0 amide bonds. The Morgan fingerprint density at radius 1 is 1.24 bits per heavy atom. The van der Waals surface area contributed by atoms with Gasteiger partial charge in [-0.05, 0) is 38.7 Å². The van der Waals surface area contributed by atoms with Crippen molar-refractivity contribution in [3.63, 3.8) is 0 Å². The second-order valence-corrected chi connectivity index (χ2v) is 10.9. The molecule has 0 spiro atoms. The van der Waals surface area contributed by atoms with Crippen molar-refractivity contribution in [1.29, 1.82) is 0 Å². The van der Waals surface area contributed by atoms with Crippen molar-refractivity contribution < 1.29 is 48.1 Å². The van der Waals surface area contributed by atoms with Crippen LogP contribution in [0, 0.1) is 6.92 Å². The highest BCUT2D eigenvalue weighted by molar-refractivity contribution is 7.70. The van der Waals surface area contributed by atoms with Gasteiger partial charge in [-0.15, -0.1) is 0 Å². The number of aromatic hydroxyl groups is 1. The highest BCUT2D eigenvalue weighted by atomic mass is 31.2. The number of methoxy groups -OCH3 is 1. The summed E-state index contributed by atoms with van der Waals surface area (Å²) in [6, 6.07) is 0. The lowest BCUT2D eigenvalue weighted by molar-refractivity contribution is 0.0532. The van der Waals surface area contributed by atoms with Crippen LogP contribution in [0.4, 0.5) is 0 Å². The molecule has 0 aromatic heterocycles. The second-order valence-electron chi connectivity index (χ2n) is 6.87. The number of carbonyl (C=O) groups is 1. The Hall–Kier alpha value is -1.67. The quantitative estimate of drug-likeness (QED) is 0.225. The van der Waals surface area contributed by atoms with Crippen LogP contribution in [-0.2, 0) is 26.9 Å². The summed E-state index contributed by atoms with van der Waals surface area (Å²) < 4.78 is 33.1. The predicted molar refractivity (Wildman–Crippen MR) is 103 cm³/mol. The van der Waals surface area contributed by atoms with E-state index in [0.29, 0.717) is 28.0 Å². The first-order chi connectivity index (χ1) is 13.3. The highest BCUT2D eigenvalue weighted by Crippen LogP contribution is 2.61. The Morgan fingerprint density at radius 2 is 1.83 bits per heavy atom. The zero-order chi connectivity index (χ0) is 22.1. The number of cyclic esters (lactones) is 1. The van der Waals surface area contributed by atoms with Crippen LogP contribution in [0.2, 0.25) is 0 Å². The summed E-state index contributed by atoms with van der Waals surface area (Å²) in [7, 11) is -8.52. The molecule has 0 fully saturated rings. The summed E-state index contributed by atoms with van der Waals surface area (Å²) in [4.78, 5) is 48.7. The summed E-state index contributed by atoms with van der Waals surface area (Å²) in [5.41, 5.74) is 2.25. The number of phenolic OH excluding ortho intramolecular Hbond substituents is 1. The average Bonchev–Trinajstić information content (AvgIpc) is 2.96. The Morgan fingerprint density at radius 3 is 2.34 bits per heavy atom. The third kappa shape index (κ3) is 5.09. The molecule has 0 unspecified atom stereocenters. The van der Waals surface area contributed by atoms with Gasteiger partial charge in [-0.1, -0.05) is 11.6 Å². The average molecular weight is 450 g/mol. The Balaban J connectivity index is 2.27. The van der Waals surface area contributed by atoms with Crippen molar-refractivity contribution in [3.8, 4) is 11.5 Å². The first kappa shape index (κ1) is 23.6. The summed E-state index contributed by atoms with van der Waals surface area (Å²) in [5.74, 6) is -0.486. The third-order valence-corrected chi connectivity index (χ3v) is 8.75. The standard InChI is InChI=1S/C17H24O10P2/c1-9(5-7-13(28(20,21)22)29(23,24)25)4-6-11-15(18)14-12(8-27-17(14)19)10(2)16(11)26-3/h4,13,18H,5-8H2,1-3H3,(H2,20,21,22)(H2,23,24,25). The third-order valence-electron chi connectivity index (χ3n) is 4.88. The van der Waals surface area contributed by atoms with Gasteiger partial charge in [0.2, 0.25) is 0 Å². The van der Waals surface area contributed by atoms with Gasteiger partial charge < -0.3 is 34.2 Å². The van der Waals surface area contributed by atoms with Crippen LogP contribution >= 0.6 is 15.2 Å². The van der Waals surface area contributed by atoms with Crippen molar-refractivity contribution >= 4 is 21.2 Å². The largest absolute Gasteiger partial charge is 0.507 e. The summed E-state index contributed by atoms with van der Waals surface area (Å²) in [6.45, 7) is 3.42. The van der Waals surface area contributed by atoms with E-state index in [1.807, 2.05) is 0 Å². The van der Waals surface area contributed by atoms with Crippen LogP contribution in [0.15, 0.2) is 11.6 Å². The first-order valence-corrected chi connectivity index (χ1v) is 12.0. The van der Waals surface area contributed by atoms with Gasteiger partial charge in [-0.25, -0.2) is 4.79 Å². The molecule has 29 heavy (non-hydrogen) atoms. The molecule has 1 aliphatic heterocycles. The number of ether oxygens (including phenoxy) is 2. The maximum absolute atomic E-state index is 11.9. The summed E-state index contributed by atoms with van der Waals surface area (Å²) >= 11 is 0. The van der Waals surface area contributed by atoms with Gasteiger partial charge in [0.1, 0.15) is 23.7 Å². The van der Waals surface area contributed by atoms with E-state index in [1.165, 1.54) is 7.11 Å². The topological polar surface area (TPSA) is 171 Å². The lowest BCUT2D eigenvalue weighted by Crippen LogP contribution is -2.09. The maximum atomic E-state index is 11.9. The van der Waals surface area contributed by atoms with E-state index in [4.69, 9.17) is 9.47 Å². The second kappa shape index (κ2) is 8.60. The van der Waals surface area contributed by atoms with E-state index in [2.05, 4.69) is 0 Å². The van der Waals surface area contributed by atoms with Crippen molar-refractivity contribution in [2.45, 2.75) is 45.1 Å². The number of benzene rings is 1.